The van der Waals surface area contributed by atoms with Crippen LogP contribution in [0.2, 0.25) is 0 Å². The molecule has 0 aliphatic heterocycles. The summed E-state index contributed by atoms with van der Waals surface area (Å²) in [5.74, 6) is 0.192. The molecule has 1 aliphatic rings. The fraction of sp³-hybridized carbons (Fsp3) is 0.545. The fourth-order valence-electron chi connectivity index (χ4n) is 1.76. The number of carbonyl (C=O) groups excluding carboxylic acids is 1. The van der Waals surface area contributed by atoms with Crippen LogP contribution in [-0.2, 0) is 11.3 Å². The van der Waals surface area contributed by atoms with Crippen LogP contribution in [0.15, 0.2) is 16.8 Å². The van der Waals surface area contributed by atoms with Crippen molar-refractivity contribution in [3.05, 3.63) is 23.5 Å². The van der Waals surface area contributed by atoms with Crippen molar-refractivity contribution in [3.8, 4) is 0 Å². The van der Waals surface area contributed by atoms with E-state index in [1.807, 2.05) is 0 Å². The summed E-state index contributed by atoms with van der Waals surface area (Å²) in [7, 11) is 0. The number of rotatable bonds is 3. The average Bonchev–Trinajstić information content (AvgIpc) is 2.73. The van der Waals surface area contributed by atoms with Crippen molar-refractivity contribution in [3.63, 3.8) is 0 Å². The molecule has 5 nitrogen and oxygen atoms in total. The van der Waals surface area contributed by atoms with Crippen LogP contribution in [0.4, 0.5) is 0 Å². The van der Waals surface area contributed by atoms with Crippen LogP contribution < -0.4 is 5.32 Å². The predicted molar refractivity (Wildman–Crippen MR) is 57.4 cm³/mol. The minimum absolute atomic E-state index is 0.0896. The fourth-order valence-corrected chi connectivity index (χ4v) is 1.76. The van der Waals surface area contributed by atoms with Gasteiger partial charge >= 0.3 is 0 Å². The van der Waals surface area contributed by atoms with Crippen molar-refractivity contribution in [1.29, 1.82) is 0 Å². The smallest absolute Gasteiger partial charge is 0.223 e. The van der Waals surface area contributed by atoms with Gasteiger partial charge in [0.15, 0.2) is 0 Å². The molecule has 0 aromatic carbocycles. The van der Waals surface area contributed by atoms with Crippen molar-refractivity contribution >= 4 is 5.91 Å². The van der Waals surface area contributed by atoms with E-state index in [4.69, 9.17) is 0 Å². The lowest BCUT2D eigenvalue weighted by molar-refractivity contribution is -0.125. The van der Waals surface area contributed by atoms with Gasteiger partial charge in [0.25, 0.3) is 0 Å². The second kappa shape index (κ2) is 4.92. The molecule has 1 heterocycles. The molecule has 1 aromatic heterocycles. The van der Waals surface area contributed by atoms with E-state index < -0.39 is 0 Å². The average molecular weight is 221 g/mol. The Kier molecular flexibility index (Phi) is 3.34. The first-order valence-corrected chi connectivity index (χ1v) is 5.48. The Morgan fingerprint density at radius 1 is 1.56 bits per heavy atom. The number of hydrogen-bond acceptors (Lipinski definition) is 4. The lowest BCUT2D eigenvalue weighted by atomic mass is 9.94. The van der Waals surface area contributed by atoms with Crippen LogP contribution in [0.3, 0.4) is 0 Å². The van der Waals surface area contributed by atoms with Crippen LogP contribution in [0, 0.1) is 12.8 Å². The zero-order valence-electron chi connectivity index (χ0n) is 9.27. The zero-order valence-corrected chi connectivity index (χ0v) is 9.27. The number of nitrogens with one attached hydrogen (secondary N) is 1. The lowest BCUT2D eigenvalue weighted by Crippen LogP contribution is -2.31. The van der Waals surface area contributed by atoms with Crippen molar-refractivity contribution in [1.82, 2.24) is 15.6 Å². The Bertz CT molecular complexity index is 398. The summed E-state index contributed by atoms with van der Waals surface area (Å²) in [6.45, 7) is 2.20. The van der Waals surface area contributed by atoms with E-state index in [1.165, 1.54) is 0 Å². The van der Waals surface area contributed by atoms with Gasteiger partial charge in [0.1, 0.15) is 11.4 Å². The van der Waals surface area contributed by atoms with Gasteiger partial charge in [-0.15, -0.1) is 0 Å². The maximum atomic E-state index is 11.8. The number of hydrogen-bond donors (Lipinski definition) is 1. The van der Waals surface area contributed by atoms with Crippen molar-refractivity contribution in [2.75, 3.05) is 0 Å². The predicted octanol–water partition coefficient (Wildman–Crippen LogP) is 1.35. The third-order valence-electron chi connectivity index (χ3n) is 2.82. The van der Waals surface area contributed by atoms with E-state index in [9.17, 15) is 4.79 Å². The van der Waals surface area contributed by atoms with E-state index in [2.05, 4.69) is 32.4 Å². The molecule has 0 spiro atoms. The molecule has 1 aliphatic carbocycles. The van der Waals surface area contributed by atoms with Gasteiger partial charge in [-0.25, -0.2) is 4.63 Å². The molecule has 86 valence electrons. The molecule has 0 saturated carbocycles. The summed E-state index contributed by atoms with van der Waals surface area (Å²) in [5, 5.41) is 10.2. The Labute approximate surface area is 93.9 Å². The topological polar surface area (TPSA) is 68.0 Å². The van der Waals surface area contributed by atoms with Crippen molar-refractivity contribution in [2.24, 2.45) is 5.92 Å². The molecule has 1 aromatic rings. The second-order valence-corrected chi connectivity index (χ2v) is 4.00. The Morgan fingerprint density at radius 2 is 2.44 bits per heavy atom. The van der Waals surface area contributed by atoms with Crippen LogP contribution in [0.1, 0.15) is 30.7 Å². The summed E-state index contributed by atoms with van der Waals surface area (Å²) in [6.07, 6.45) is 6.94. The van der Waals surface area contributed by atoms with Gasteiger partial charge in [0.05, 0.1) is 6.54 Å². The molecule has 0 radical (unpaired) electrons. The number of nitrogens with zero attached hydrogens (tertiary/aromatic N) is 2. The molecule has 0 fully saturated rings. The molecular formula is C11H15N3O2. The number of aryl methyl sites for hydroxylation is 1. The second-order valence-electron chi connectivity index (χ2n) is 4.00. The van der Waals surface area contributed by atoms with Gasteiger partial charge in [-0.3, -0.25) is 4.79 Å². The van der Waals surface area contributed by atoms with Crippen LogP contribution >= 0.6 is 0 Å². The molecule has 0 bridgehead atoms. The first-order valence-electron chi connectivity index (χ1n) is 5.48. The van der Waals surface area contributed by atoms with Gasteiger partial charge in [-0.2, -0.15) is 0 Å². The van der Waals surface area contributed by atoms with E-state index in [1.54, 1.807) is 6.92 Å². The summed E-state index contributed by atoms with van der Waals surface area (Å²) in [5.41, 5.74) is 1.42. The minimum atomic E-state index is 0.0896. The van der Waals surface area contributed by atoms with Crippen molar-refractivity contribution in [2.45, 2.75) is 32.7 Å². The third-order valence-corrected chi connectivity index (χ3v) is 2.82. The summed E-state index contributed by atoms with van der Waals surface area (Å²) in [6, 6.07) is 0. The van der Waals surface area contributed by atoms with E-state index in [0.29, 0.717) is 12.2 Å². The molecular weight excluding hydrogens is 206 g/mol. The summed E-state index contributed by atoms with van der Waals surface area (Å²) < 4.78 is 4.56. The number of allylic oxidation sites excluding steroid dienone is 2. The Balaban J connectivity index is 1.84. The van der Waals surface area contributed by atoms with Crippen LogP contribution in [0.25, 0.3) is 0 Å². The first-order chi connectivity index (χ1) is 7.77. The van der Waals surface area contributed by atoms with Gasteiger partial charge in [-0.1, -0.05) is 22.5 Å². The summed E-state index contributed by atoms with van der Waals surface area (Å²) in [4.78, 5) is 11.8. The molecule has 0 saturated heterocycles. The van der Waals surface area contributed by atoms with E-state index in [-0.39, 0.29) is 11.8 Å². The standard InChI is InChI=1S/C11H15N3O2/c1-8-10(14-16-13-8)7-12-11(15)9-5-3-2-4-6-9/h2-3,9H,4-7H2,1H3,(H,12,15). The van der Waals surface area contributed by atoms with E-state index in [0.717, 1.165) is 25.0 Å². The molecule has 1 unspecified atom stereocenters. The summed E-state index contributed by atoms with van der Waals surface area (Å²) >= 11 is 0. The number of amides is 1. The maximum Gasteiger partial charge on any atom is 0.223 e. The highest BCUT2D eigenvalue weighted by atomic mass is 16.6. The lowest BCUT2D eigenvalue weighted by Gasteiger charge is -2.16. The monoisotopic (exact) mass is 221 g/mol. The largest absolute Gasteiger partial charge is 0.350 e. The molecule has 2 rings (SSSR count). The molecule has 5 heteroatoms. The minimum Gasteiger partial charge on any atom is -0.350 e. The van der Waals surface area contributed by atoms with Crippen LogP contribution in [-0.4, -0.2) is 16.2 Å². The van der Waals surface area contributed by atoms with Crippen LogP contribution in [0.5, 0.6) is 0 Å². The zero-order chi connectivity index (χ0) is 11.4. The molecule has 1 atom stereocenters. The van der Waals surface area contributed by atoms with Crippen molar-refractivity contribution < 1.29 is 9.42 Å². The Hall–Kier alpha value is -1.65. The quantitative estimate of drug-likeness (QED) is 0.782. The highest BCUT2D eigenvalue weighted by Crippen LogP contribution is 2.18. The highest BCUT2D eigenvalue weighted by molar-refractivity contribution is 5.78. The van der Waals surface area contributed by atoms with Gasteiger partial charge in [0, 0.05) is 5.92 Å². The molecule has 16 heavy (non-hydrogen) atoms. The van der Waals surface area contributed by atoms with Gasteiger partial charge in [0.2, 0.25) is 5.91 Å². The first kappa shape index (κ1) is 10.9. The van der Waals surface area contributed by atoms with Gasteiger partial charge in [-0.05, 0) is 26.2 Å². The number of carbonyl (C=O) groups is 1. The highest BCUT2D eigenvalue weighted by Gasteiger charge is 2.18. The Morgan fingerprint density at radius 3 is 3.06 bits per heavy atom. The molecule has 1 amide bonds. The van der Waals surface area contributed by atoms with E-state index >= 15 is 0 Å². The number of aromatic nitrogens is 2. The third kappa shape index (κ3) is 2.48. The van der Waals surface area contributed by atoms with Gasteiger partial charge < -0.3 is 5.32 Å². The molecule has 1 N–H and O–H groups in total. The normalized spacial score (nSPS) is 19.7. The SMILES string of the molecule is Cc1nonc1CNC(=O)C1CC=CCC1. The maximum absolute atomic E-state index is 11.8.